The lowest BCUT2D eigenvalue weighted by Gasteiger charge is -2.34. The van der Waals surface area contributed by atoms with Gasteiger partial charge in [-0.3, -0.25) is 0 Å². The van der Waals surface area contributed by atoms with E-state index in [0.717, 1.165) is 6.54 Å². The van der Waals surface area contributed by atoms with E-state index in [2.05, 4.69) is 0 Å². The predicted octanol–water partition coefficient (Wildman–Crippen LogP) is 0.122. The van der Waals surface area contributed by atoms with E-state index >= 15 is 0 Å². The van der Waals surface area contributed by atoms with E-state index in [9.17, 15) is 5.21 Å². The Kier molecular flexibility index (Phi) is 3.11. The number of likely N-dealkylation sites (N-methyl/N-ethyl adjacent to an activating group) is 2. The van der Waals surface area contributed by atoms with Crippen LogP contribution in [0, 0.1) is 5.21 Å². The Morgan fingerprint density at radius 1 is 1.33 bits per heavy atom. The molecule has 0 atom stereocenters. The van der Waals surface area contributed by atoms with E-state index in [1.165, 1.54) is 0 Å². The highest BCUT2D eigenvalue weighted by Gasteiger charge is 2.00. The van der Waals surface area contributed by atoms with Crippen LogP contribution in [0.3, 0.4) is 0 Å². The Morgan fingerprint density at radius 3 is 1.89 bits per heavy atom. The van der Waals surface area contributed by atoms with Crippen LogP contribution in [-0.4, -0.2) is 50.8 Å². The summed E-state index contributed by atoms with van der Waals surface area (Å²) in [4.78, 5) is 2.01. The van der Waals surface area contributed by atoms with Gasteiger partial charge in [-0.2, -0.15) is 0 Å². The van der Waals surface area contributed by atoms with Crippen molar-refractivity contribution in [1.29, 1.82) is 0 Å². The minimum absolute atomic E-state index is 0.196. The van der Waals surface area contributed by atoms with Crippen LogP contribution in [0.4, 0.5) is 0 Å². The first-order chi connectivity index (χ1) is 3.92. The molecular weight excluding hydrogens is 116 g/mol. The summed E-state index contributed by atoms with van der Waals surface area (Å²) in [5.41, 5.74) is 0. The van der Waals surface area contributed by atoms with Gasteiger partial charge >= 0.3 is 0 Å². The molecule has 0 fully saturated rings. The highest BCUT2D eigenvalue weighted by molar-refractivity contribution is 4.40. The van der Waals surface area contributed by atoms with Gasteiger partial charge in [0.05, 0.1) is 20.6 Å². The smallest absolute Gasteiger partial charge is 0.0908 e. The van der Waals surface area contributed by atoms with Crippen LogP contribution >= 0.6 is 0 Å². The van der Waals surface area contributed by atoms with Gasteiger partial charge in [-0.25, -0.2) is 0 Å². The predicted molar refractivity (Wildman–Crippen MR) is 38.9 cm³/mol. The van der Waals surface area contributed by atoms with E-state index in [4.69, 9.17) is 0 Å². The van der Waals surface area contributed by atoms with Gasteiger partial charge in [-0.15, -0.1) is 0 Å². The van der Waals surface area contributed by atoms with Crippen molar-refractivity contribution in [3.8, 4) is 0 Å². The molecule has 0 spiro atoms. The summed E-state index contributed by atoms with van der Waals surface area (Å²) in [7, 11) is 7.25. The summed E-state index contributed by atoms with van der Waals surface area (Å²) in [6, 6.07) is 0. The van der Waals surface area contributed by atoms with Crippen LogP contribution in [0.1, 0.15) is 0 Å². The van der Waals surface area contributed by atoms with E-state index in [-0.39, 0.29) is 4.65 Å². The van der Waals surface area contributed by atoms with Crippen LogP contribution in [0.15, 0.2) is 0 Å². The first kappa shape index (κ1) is 8.88. The first-order valence-electron chi connectivity index (χ1n) is 3.10. The second-order valence-electron chi connectivity index (χ2n) is 3.10. The van der Waals surface area contributed by atoms with Gasteiger partial charge in [0, 0.05) is 6.54 Å². The first-order valence-corrected chi connectivity index (χ1v) is 3.10. The molecule has 0 aromatic rings. The third kappa shape index (κ3) is 7.88. The Hall–Kier alpha value is -0.120. The fourth-order valence-electron chi connectivity index (χ4n) is 0.441. The average Bonchev–Trinajstić information content (AvgIpc) is 1.59. The fraction of sp³-hybridized carbons (Fsp3) is 1.00. The molecule has 0 heterocycles. The highest BCUT2D eigenvalue weighted by atomic mass is 16.5. The van der Waals surface area contributed by atoms with Crippen LogP contribution in [0.5, 0.6) is 0 Å². The van der Waals surface area contributed by atoms with Crippen molar-refractivity contribution in [3.63, 3.8) is 0 Å². The molecule has 0 aromatic heterocycles. The van der Waals surface area contributed by atoms with Crippen molar-refractivity contribution in [3.05, 3.63) is 5.21 Å². The topological polar surface area (TPSA) is 26.3 Å². The van der Waals surface area contributed by atoms with Gasteiger partial charge in [-0.1, -0.05) is 0 Å². The molecular formula is C6H16N2O. The van der Waals surface area contributed by atoms with Crippen molar-refractivity contribution in [2.24, 2.45) is 0 Å². The number of hydroxylamine groups is 3. The van der Waals surface area contributed by atoms with Crippen LogP contribution < -0.4 is 0 Å². The molecule has 0 bridgehead atoms. The lowest BCUT2D eigenvalue weighted by atomic mass is 10.5. The Labute approximate surface area is 57.0 Å². The summed E-state index contributed by atoms with van der Waals surface area (Å²) >= 11 is 0. The van der Waals surface area contributed by atoms with Gasteiger partial charge in [0.1, 0.15) is 0 Å². The molecule has 56 valence electrons. The summed E-state index contributed by atoms with van der Waals surface area (Å²) in [6.07, 6.45) is 0. The van der Waals surface area contributed by atoms with Gasteiger partial charge in [0.2, 0.25) is 0 Å². The third-order valence-corrected chi connectivity index (χ3v) is 1.09. The molecule has 0 unspecified atom stereocenters. The third-order valence-electron chi connectivity index (χ3n) is 1.09. The van der Waals surface area contributed by atoms with Crippen molar-refractivity contribution < 1.29 is 4.65 Å². The van der Waals surface area contributed by atoms with Crippen molar-refractivity contribution in [2.75, 3.05) is 41.3 Å². The summed E-state index contributed by atoms with van der Waals surface area (Å²) in [5.74, 6) is 0. The molecule has 0 aromatic carbocycles. The highest BCUT2D eigenvalue weighted by Crippen LogP contribution is 1.90. The Balaban J connectivity index is 3.28. The molecule has 0 amide bonds. The van der Waals surface area contributed by atoms with Crippen LogP contribution in [0.25, 0.3) is 0 Å². The van der Waals surface area contributed by atoms with Crippen LogP contribution in [-0.2, 0) is 0 Å². The van der Waals surface area contributed by atoms with E-state index in [1.807, 2.05) is 19.0 Å². The molecule has 3 nitrogen and oxygen atoms in total. The monoisotopic (exact) mass is 132 g/mol. The largest absolute Gasteiger partial charge is 0.633 e. The molecule has 0 saturated heterocycles. The number of hydrogen-bond donors (Lipinski definition) is 0. The molecule has 0 aliphatic rings. The summed E-state index contributed by atoms with van der Waals surface area (Å²) in [6.45, 7) is 1.52. The molecule has 0 aliphatic carbocycles. The minimum atomic E-state index is -0.196. The zero-order chi connectivity index (χ0) is 7.49. The molecule has 9 heavy (non-hydrogen) atoms. The second kappa shape index (κ2) is 3.15. The Bertz CT molecular complexity index is 75.6. The van der Waals surface area contributed by atoms with E-state index < -0.39 is 0 Å². The fourth-order valence-corrected chi connectivity index (χ4v) is 0.441. The van der Waals surface area contributed by atoms with Gasteiger partial charge < -0.3 is 14.8 Å². The molecule has 3 heteroatoms. The maximum Gasteiger partial charge on any atom is 0.0908 e. The minimum Gasteiger partial charge on any atom is -0.633 e. The maximum atomic E-state index is 10.9. The van der Waals surface area contributed by atoms with Gasteiger partial charge in [-0.05, 0) is 14.1 Å². The Morgan fingerprint density at radius 2 is 1.78 bits per heavy atom. The van der Waals surface area contributed by atoms with E-state index in [1.54, 1.807) is 14.1 Å². The molecule has 0 rings (SSSR count). The number of quaternary nitrogens is 1. The van der Waals surface area contributed by atoms with Crippen LogP contribution in [0.2, 0.25) is 0 Å². The maximum absolute atomic E-state index is 10.9. The van der Waals surface area contributed by atoms with Gasteiger partial charge in [0.25, 0.3) is 0 Å². The lowest BCUT2D eigenvalue weighted by molar-refractivity contribution is -0.839. The summed E-state index contributed by atoms with van der Waals surface area (Å²) in [5, 5.41) is 10.9. The molecule has 0 aliphatic heterocycles. The number of nitrogens with zero attached hydrogens (tertiary/aromatic N) is 2. The molecule has 0 radical (unpaired) electrons. The SMILES string of the molecule is CN(C)CC[N+](C)(C)[O-]. The zero-order valence-corrected chi connectivity index (χ0v) is 6.72. The van der Waals surface area contributed by atoms with Gasteiger partial charge in [0.15, 0.2) is 0 Å². The number of rotatable bonds is 3. The zero-order valence-electron chi connectivity index (χ0n) is 6.72. The quantitative estimate of drug-likeness (QED) is 0.403. The van der Waals surface area contributed by atoms with Crippen molar-refractivity contribution >= 4 is 0 Å². The summed E-state index contributed by atoms with van der Waals surface area (Å²) < 4.78 is -0.196. The molecule has 0 saturated carbocycles. The second-order valence-corrected chi connectivity index (χ2v) is 3.10. The normalized spacial score (nSPS) is 12.7. The number of hydrogen-bond acceptors (Lipinski definition) is 2. The molecule has 0 N–H and O–H groups in total. The standard InChI is InChI=1S/C6H16N2O/c1-7(2)5-6-8(3,4)9/h5-6H2,1-4H3. The van der Waals surface area contributed by atoms with Crippen molar-refractivity contribution in [2.45, 2.75) is 0 Å². The van der Waals surface area contributed by atoms with E-state index in [0.29, 0.717) is 6.54 Å². The van der Waals surface area contributed by atoms with Crippen molar-refractivity contribution in [1.82, 2.24) is 4.90 Å². The average molecular weight is 132 g/mol. The lowest BCUT2D eigenvalue weighted by Crippen LogP contribution is -2.38.